The molecule has 1 N–H and O–H groups in total. The van der Waals surface area contributed by atoms with E-state index in [0.717, 1.165) is 26.1 Å². The first-order valence-electron chi connectivity index (χ1n) is 7.47. The van der Waals surface area contributed by atoms with Gasteiger partial charge in [0, 0.05) is 38.6 Å². The van der Waals surface area contributed by atoms with Gasteiger partial charge in [0.25, 0.3) is 0 Å². The molecule has 1 aromatic heterocycles. The first kappa shape index (κ1) is 15.7. The summed E-state index contributed by atoms with van der Waals surface area (Å²) in [6.07, 6.45) is 6.67. The zero-order chi connectivity index (χ0) is 15.1. The summed E-state index contributed by atoms with van der Waals surface area (Å²) in [6, 6.07) is 10.4. The summed E-state index contributed by atoms with van der Waals surface area (Å²) in [7, 11) is 0. The van der Waals surface area contributed by atoms with E-state index in [-0.39, 0.29) is 0 Å². The molecule has 0 atom stereocenters. The average molecular weight is 287 g/mol. The predicted octanol–water partition coefficient (Wildman–Crippen LogP) is 2.55. The molecular formula is C17H25N3O. The number of imidazole rings is 1. The lowest BCUT2D eigenvalue weighted by Gasteiger charge is -2.29. The average Bonchev–Trinajstić information content (AvgIpc) is 2.91. The van der Waals surface area contributed by atoms with Gasteiger partial charge >= 0.3 is 0 Å². The maximum Gasteiger partial charge on any atom is 0.0945 e. The van der Waals surface area contributed by atoms with E-state index in [4.69, 9.17) is 0 Å². The molecule has 0 saturated carbocycles. The lowest BCUT2D eigenvalue weighted by Crippen LogP contribution is -2.39. The lowest BCUT2D eigenvalue weighted by molar-refractivity contribution is 0.0327. The molecule has 0 fully saturated rings. The highest BCUT2D eigenvalue weighted by atomic mass is 16.3. The second kappa shape index (κ2) is 7.38. The van der Waals surface area contributed by atoms with Crippen molar-refractivity contribution in [3.63, 3.8) is 0 Å². The van der Waals surface area contributed by atoms with Gasteiger partial charge in [-0.25, -0.2) is 4.98 Å². The smallest absolute Gasteiger partial charge is 0.0945 e. The maximum atomic E-state index is 10.1. The van der Waals surface area contributed by atoms with Gasteiger partial charge in [-0.3, -0.25) is 4.90 Å². The Morgan fingerprint density at radius 2 is 2.00 bits per heavy atom. The van der Waals surface area contributed by atoms with Crippen molar-refractivity contribution in [3.05, 3.63) is 54.6 Å². The number of aliphatic hydroxyl groups is 1. The van der Waals surface area contributed by atoms with Crippen LogP contribution in [0.15, 0.2) is 49.1 Å². The van der Waals surface area contributed by atoms with Crippen molar-refractivity contribution in [1.82, 2.24) is 14.5 Å². The predicted molar refractivity (Wildman–Crippen MR) is 84.9 cm³/mol. The van der Waals surface area contributed by atoms with Gasteiger partial charge in [0.05, 0.1) is 11.9 Å². The van der Waals surface area contributed by atoms with Gasteiger partial charge in [0.2, 0.25) is 0 Å². The molecule has 4 nitrogen and oxygen atoms in total. The van der Waals surface area contributed by atoms with E-state index in [9.17, 15) is 5.11 Å². The molecule has 1 heterocycles. The normalized spacial score (nSPS) is 12.0. The second-order valence-electron chi connectivity index (χ2n) is 6.16. The fourth-order valence-electron chi connectivity index (χ4n) is 2.50. The zero-order valence-electron chi connectivity index (χ0n) is 12.9. The topological polar surface area (TPSA) is 41.3 Å². The van der Waals surface area contributed by atoms with Crippen LogP contribution in [-0.2, 0) is 13.1 Å². The number of nitrogens with zero attached hydrogens (tertiary/aromatic N) is 3. The molecule has 0 aliphatic carbocycles. The van der Waals surface area contributed by atoms with Gasteiger partial charge in [-0.2, -0.15) is 0 Å². The Morgan fingerprint density at radius 1 is 1.24 bits per heavy atom. The maximum absolute atomic E-state index is 10.1. The quantitative estimate of drug-likeness (QED) is 0.811. The van der Waals surface area contributed by atoms with Gasteiger partial charge in [0.1, 0.15) is 0 Å². The molecule has 2 aromatic rings. The molecule has 0 amide bonds. The highest BCUT2D eigenvalue weighted by Gasteiger charge is 2.18. The van der Waals surface area contributed by atoms with Crippen LogP contribution in [-0.4, -0.2) is 38.2 Å². The number of benzene rings is 1. The van der Waals surface area contributed by atoms with E-state index in [2.05, 4.69) is 38.7 Å². The van der Waals surface area contributed by atoms with Crippen molar-refractivity contribution in [1.29, 1.82) is 0 Å². The van der Waals surface area contributed by atoms with Crippen LogP contribution in [0.5, 0.6) is 0 Å². The molecule has 0 aliphatic heterocycles. The second-order valence-corrected chi connectivity index (χ2v) is 6.16. The van der Waals surface area contributed by atoms with E-state index in [1.807, 2.05) is 32.4 Å². The van der Waals surface area contributed by atoms with Gasteiger partial charge in [-0.1, -0.05) is 30.3 Å². The molecule has 4 heteroatoms. The van der Waals surface area contributed by atoms with Crippen LogP contribution in [0.1, 0.15) is 25.8 Å². The minimum Gasteiger partial charge on any atom is -0.389 e. The summed E-state index contributed by atoms with van der Waals surface area (Å²) in [4.78, 5) is 6.37. The number of hydrogen-bond donors (Lipinski definition) is 1. The molecule has 0 bridgehead atoms. The van der Waals surface area contributed by atoms with E-state index < -0.39 is 5.60 Å². The van der Waals surface area contributed by atoms with E-state index in [0.29, 0.717) is 6.54 Å². The Morgan fingerprint density at radius 3 is 2.62 bits per heavy atom. The Balaban J connectivity index is 1.88. The Kier molecular flexibility index (Phi) is 5.53. The van der Waals surface area contributed by atoms with Crippen LogP contribution in [0.4, 0.5) is 0 Å². The molecule has 0 radical (unpaired) electrons. The van der Waals surface area contributed by atoms with Crippen molar-refractivity contribution in [2.45, 2.75) is 39.0 Å². The SMILES string of the molecule is CC(C)(O)CN(CCCn1ccnc1)Cc1ccccc1. The van der Waals surface area contributed by atoms with Crippen LogP contribution in [0, 0.1) is 0 Å². The zero-order valence-corrected chi connectivity index (χ0v) is 12.9. The number of aryl methyl sites for hydroxylation is 1. The highest BCUT2D eigenvalue weighted by molar-refractivity contribution is 5.14. The van der Waals surface area contributed by atoms with Gasteiger partial charge in [-0.15, -0.1) is 0 Å². The van der Waals surface area contributed by atoms with Crippen LogP contribution in [0.25, 0.3) is 0 Å². The van der Waals surface area contributed by atoms with Crippen LogP contribution in [0.3, 0.4) is 0 Å². The van der Waals surface area contributed by atoms with Crippen molar-refractivity contribution in [2.24, 2.45) is 0 Å². The summed E-state index contributed by atoms with van der Waals surface area (Å²) in [5.41, 5.74) is 0.605. The minimum atomic E-state index is -0.677. The molecule has 1 aromatic carbocycles. The van der Waals surface area contributed by atoms with Crippen molar-refractivity contribution in [2.75, 3.05) is 13.1 Å². The monoisotopic (exact) mass is 287 g/mol. The Hall–Kier alpha value is -1.65. The van der Waals surface area contributed by atoms with Crippen molar-refractivity contribution >= 4 is 0 Å². The third-order valence-electron chi connectivity index (χ3n) is 3.31. The van der Waals surface area contributed by atoms with Gasteiger partial charge in [-0.05, 0) is 25.8 Å². The first-order valence-corrected chi connectivity index (χ1v) is 7.47. The highest BCUT2D eigenvalue weighted by Crippen LogP contribution is 2.11. The van der Waals surface area contributed by atoms with E-state index in [1.54, 1.807) is 6.20 Å². The number of rotatable bonds is 8. The summed E-state index contributed by atoms with van der Waals surface area (Å²) >= 11 is 0. The molecular weight excluding hydrogens is 262 g/mol. The standard InChI is InChI=1S/C17H25N3O/c1-17(2,21)14-20(13-16-7-4-3-5-8-16)11-6-10-19-12-9-18-15-19/h3-5,7-9,12,15,21H,6,10-11,13-14H2,1-2H3. The van der Waals surface area contributed by atoms with Crippen LogP contribution >= 0.6 is 0 Å². The van der Waals surface area contributed by atoms with Gasteiger partial charge in [0.15, 0.2) is 0 Å². The molecule has 0 unspecified atom stereocenters. The first-order chi connectivity index (χ1) is 10.0. The van der Waals surface area contributed by atoms with E-state index >= 15 is 0 Å². The van der Waals surface area contributed by atoms with Crippen molar-refractivity contribution in [3.8, 4) is 0 Å². The molecule has 0 spiro atoms. The third-order valence-corrected chi connectivity index (χ3v) is 3.31. The fourth-order valence-corrected chi connectivity index (χ4v) is 2.50. The largest absolute Gasteiger partial charge is 0.389 e. The molecule has 2 rings (SSSR count). The Bertz CT molecular complexity index is 503. The van der Waals surface area contributed by atoms with E-state index in [1.165, 1.54) is 5.56 Å². The minimum absolute atomic E-state index is 0.672. The lowest BCUT2D eigenvalue weighted by atomic mass is 10.1. The Labute approximate surface area is 127 Å². The number of hydrogen-bond acceptors (Lipinski definition) is 3. The summed E-state index contributed by atoms with van der Waals surface area (Å²) in [5, 5.41) is 10.1. The summed E-state index contributed by atoms with van der Waals surface area (Å²) in [5.74, 6) is 0. The molecule has 114 valence electrons. The third kappa shape index (κ3) is 6.10. The van der Waals surface area contributed by atoms with Crippen molar-refractivity contribution < 1.29 is 5.11 Å². The van der Waals surface area contributed by atoms with Gasteiger partial charge < -0.3 is 9.67 Å². The molecule has 0 aliphatic rings. The summed E-state index contributed by atoms with van der Waals surface area (Å²) < 4.78 is 2.09. The molecule has 0 saturated heterocycles. The van der Waals surface area contributed by atoms with Crippen LogP contribution < -0.4 is 0 Å². The molecule has 21 heavy (non-hydrogen) atoms. The van der Waals surface area contributed by atoms with Crippen LogP contribution in [0.2, 0.25) is 0 Å². The fraction of sp³-hybridized carbons (Fsp3) is 0.471. The summed E-state index contributed by atoms with van der Waals surface area (Å²) in [6.45, 7) is 7.18. The number of aromatic nitrogens is 2.